The summed E-state index contributed by atoms with van der Waals surface area (Å²) in [5, 5.41) is 0. The minimum Gasteiger partial charge on any atom is -0.497 e. The van der Waals surface area contributed by atoms with Gasteiger partial charge in [-0.25, -0.2) is 0 Å². The first-order valence-electron chi connectivity index (χ1n) is 9.49. The molecule has 0 aromatic heterocycles. The van der Waals surface area contributed by atoms with Gasteiger partial charge in [0.2, 0.25) is 0 Å². The Bertz CT molecular complexity index is 577. The summed E-state index contributed by atoms with van der Waals surface area (Å²) in [5.74, 6) is 2.20. The normalized spacial score (nSPS) is 22.8. The van der Waals surface area contributed by atoms with Crippen LogP contribution in [0, 0.1) is 5.92 Å². The molecule has 3 rings (SSSR count). The van der Waals surface area contributed by atoms with Crippen LogP contribution in [0.5, 0.6) is 11.5 Å². The van der Waals surface area contributed by atoms with Crippen molar-refractivity contribution < 1.29 is 18.8 Å². The number of hydrogen-bond acceptors (Lipinski definition) is 4. The number of benzene rings is 1. The van der Waals surface area contributed by atoms with E-state index in [1.807, 2.05) is 18.2 Å². The highest BCUT2D eigenvalue weighted by Gasteiger charge is 2.53. The Kier molecular flexibility index (Phi) is 5.35. The highest BCUT2D eigenvalue weighted by atomic mass is 16.7. The van der Waals surface area contributed by atoms with Crippen LogP contribution >= 0.6 is 0 Å². The van der Waals surface area contributed by atoms with Crippen LogP contribution in [-0.4, -0.2) is 32.0 Å². The Morgan fingerprint density at radius 1 is 1.00 bits per heavy atom. The molecule has 25 heavy (non-hydrogen) atoms. The van der Waals surface area contributed by atoms with Crippen LogP contribution in [0.1, 0.15) is 59.8 Å². The van der Waals surface area contributed by atoms with Crippen LogP contribution < -0.4 is 14.9 Å². The van der Waals surface area contributed by atoms with Crippen molar-refractivity contribution in [3.63, 3.8) is 0 Å². The first kappa shape index (κ1) is 18.6. The quantitative estimate of drug-likeness (QED) is 0.757. The fourth-order valence-corrected chi connectivity index (χ4v) is 3.58. The lowest BCUT2D eigenvalue weighted by Crippen LogP contribution is -2.41. The van der Waals surface area contributed by atoms with Gasteiger partial charge in [-0.3, -0.25) is 0 Å². The monoisotopic (exact) mass is 346 g/mol. The molecule has 1 aromatic carbocycles. The van der Waals surface area contributed by atoms with Gasteiger partial charge in [0.05, 0.1) is 30.4 Å². The third-order valence-electron chi connectivity index (χ3n) is 5.93. The Hall–Kier alpha value is -1.20. The predicted molar refractivity (Wildman–Crippen MR) is 101 cm³/mol. The number of rotatable bonds is 5. The van der Waals surface area contributed by atoms with Crippen molar-refractivity contribution in [1.82, 2.24) is 0 Å². The zero-order valence-corrected chi connectivity index (χ0v) is 16.3. The summed E-state index contributed by atoms with van der Waals surface area (Å²) in [5.41, 5.74) is 0.0812. The average Bonchev–Trinajstić information content (AvgIpc) is 2.81. The van der Waals surface area contributed by atoms with E-state index >= 15 is 0 Å². The van der Waals surface area contributed by atoms with E-state index < -0.39 is 7.12 Å². The van der Waals surface area contributed by atoms with Crippen molar-refractivity contribution >= 4 is 12.6 Å². The third-order valence-corrected chi connectivity index (χ3v) is 5.93. The maximum atomic E-state index is 6.24. The largest absolute Gasteiger partial charge is 0.502 e. The highest BCUT2D eigenvalue weighted by Crippen LogP contribution is 2.38. The first-order chi connectivity index (χ1) is 11.8. The number of hydrogen-bond donors (Lipinski definition) is 0. The standard InChI is InChI=1S/C20H31BO4/c1-19(2)20(3,4)25-21(24-19)18-16(22-5)12-9-13-17(18)23-14-15-10-7-6-8-11-15/h9,12-13,15H,6-8,10-11,14H2,1-5H3. The summed E-state index contributed by atoms with van der Waals surface area (Å²) in [6, 6.07) is 5.89. The van der Waals surface area contributed by atoms with E-state index in [0.29, 0.717) is 5.92 Å². The fourth-order valence-electron chi connectivity index (χ4n) is 3.58. The van der Waals surface area contributed by atoms with E-state index in [4.69, 9.17) is 18.8 Å². The molecule has 1 aliphatic heterocycles. The van der Waals surface area contributed by atoms with Crippen LogP contribution in [-0.2, 0) is 9.31 Å². The molecule has 1 saturated heterocycles. The van der Waals surface area contributed by atoms with Gasteiger partial charge in [-0.1, -0.05) is 25.3 Å². The van der Waals surface area contributed by atoms with Crippen LogP contribution in [0.15, 0.2) is 18.2 Å². The molecule has 138 valence electrons. The maximum Gasteiger partial charge on any atom is 0.502 e. The lowest BCUT2D eigenvalue weighted by Gasteiger charge is -2.32. The third kappa shape index (κ3) is 3.82. The fraction of sp³-hybridized carbons (Fsp3) is 0.700. The molecule has 1 saturated carbocycles. The lowest BCUT2D eigenvalue weighted by molar-refractivity contribution is 0.00578. The molecule has 0 bridgehead atoms. The maximum absolute atomic E-state index is 6.24. The van der Waals surface area contributed by atoms with Crippen LogP contribution in [0.3, 0.4) is 0 Å². The van der Waals surface area contributed by atoms with Crippen LogP contribution in [0.2, 0.25) is 0 Å². The van der Waals surface area contributed by atoms with Crippen molar-refractivity contribution in [2.45, 2.75) is 71.0 Å². The van der Waals surface area contributed by atoms with Gasteiger partial charge in [-0.05, 0) is 58.6 Å². The van der Waals surface area contributed by atoms with E-state index in [2.05, 4.69) is 27.7 Å². The minimum atomic E-state index is -0.484. The van der Waals surface area contributed by atoms with Gasteiger partial charge in [0.15, 0.2) is 0 Å². The van der Waals surface area contributed by atoms with Gasteiger partial charge in [-0.2, -0.15) is 0 Å². The summed E-state index contributed by atoms with van der Waals surface area (Å²) < 4.78 is 24.3. The molecule has 0 radical (unpaired) electrons. The molecular weight excluding hydrogens is 315 g/mol. The van der Waals surface area contributed by atoms with E-state index in [0.717, 1.165) is 23.6 Å². The molecule has 2 fully saturated rings. The summed E-state index contributed by atoms with van der Waals surface area (Å²) >= 11 is 0. The smallest absolute Gasteiger partial charge is 0.497 e. The molecule has 4 nitrogen and oxygen atoms in total. The Labute approximate surface area is 152 Å². The summed E-state index contributed by atoms with van der Waals surface area (Å²) in [4.78, 5) is 0. The molecule has 0 N–H and O–H groups in total. The number of methoxy groups -OCH3 is 1. The summed E-state index contributed by atoms with van der Waals surface area (Å²) in [6.45, 7) is 8.99. The first-order valence-corrected chi connectivity index (χ1v) is 9.49. The molecule has 0 unspecified atom stereocenters. The summed E-state index contributed by atoms with van der Waals surface area (Å²) in [6.07, 6.45) is 6.51. The zero-order chi connectivity index (χ0) is 18.1. The molecular formula is C20H31BO4. The van der Waals surface area contributed by atoms with Gasteiger partial charge in [0.1, 0.15) is 11.5 Å². The second-order valence-corrected chi connectivity index (χ2v) is 8.28. The molecule has 0 atom stereocenters. The molecule has 5 heteroatoms. The van der Waals surface area contributed by atoms with Crippen molar-refractivity contribution in [3.8, 4) is 11.5 Å². The second kappa shape index (κ2) is 7.20. The van der Waals surface area contributed by atoms with Gasteiger partial charge >= 0.3 is 7.12 Å². The Morgan fingerprint density at radius 3 is 2.20 bits per heavy atom. The Balaban J connectivity index is 1.82. The van der Waals surface area contributed by atoms with Crippen molar-refractivity contribution in [2.75, 3.05) is 13.7 Å². The van der Waals surface area contributed by atoms with Crippen molar-refractivity contribution in [1.29, 1.82) is 0 Å². The van der Waals surface area contributed by atoms with E-state index in [1.54, 1.807) is 7.11 Å². The van der Waals surface area contributed by atoms with E-state index in [-0.39, 0.29) is 11.2 Å². The molecule has 0 amide bonds. The average molecular weight is 346 g/mol. The second-order valence-electron chi connectivity index (χ2n) is 8.28. The molecule has 1 aromatic rings. The van der Waals surface area contributed by atoms with Gasteiger partial charge < -0.3 is 18.8 Å². The van der Waals surface area contributed by atoms with Crippen molar-refractivity contribution in [2.24, 2.45) is 5.92 Å². The van der Waals surface area contributed by atoms with E-state index in [9.17, 15) is 0 Å². The van der Waals surface area contributed by atoms with Gasteiger partial charge in [0, 0.05) is 0 Å². The topological polar surface area (TPSA) is 36.9 Å². The van der Waals surface area contributed by atoms with Gasteiger partial charge in [-0.15, -0.1) is 0 Å². The molecule has 0 spiro atoms. The molecule has 1 heterocycles. The zero-order valence-electron chi connectivity index (χ0n) is 16.3. The number of ether oxygens (including phenoxy) is 2. The SMILES string of the molecule is COc1cccc(OCC2CCCCC2)c1B1OC(C)(C)C(C)(C)O1. The van der Waals surface area contributed by atoms with E-state index in [1.165, 1.54) is 32.1 Å². The molecule has 2 aliphatic rings. The van der Waals surface area contributed by atoms with Gasteiger partial charge in [0.25, 0.3) is 0 Å². The Morgan fingerprint density at radius 2 is 1.60 bits per heavy atom. The van der Waals surface area contributed by atoms with Crippen LogP contribution in [0.4, 0.5) is 0 Å². The predicted octanol–water partition coefficient (Wildman–Crippen LogP) is 3.95. The minimum absolute atomic E-state index is 0.390. The lowest BCUT2D eigenvalue weighted by atomic mass is 9.77. The highest BCUT2D eigenvalue weighted by molar-refractivity contribution is 6.64. The molecule has 1 aliphatic carbocycles. The summed E-state index contributed by atoms with van der Waals surface area (Å²) in [7, 11) is 1.19. The van der Waals surface area contributed by atoms with Crippen molar-refractivity contribution in [3.05, 3.63) is 18.2 Å². The van der Waals surface area contributed by atoms with Crippen LogP contribution in [0.25, 0.3) is 0 Å².